The number of nitrogens with zero attached hydrogens (tertiary/aromatic N) is 1. The smallest absolute Gasteiger partial charge is 0.171 e. The van der Waals surface area contributed by atoms with E-state index < -0.39 is 9.04 Å². The minimum Gasteiger partial charge on any atom is -0.415 e. The lowest BCUT2D eigenvalue weighted by Gasteiger charge is -2.23. The molecule has 0 radical (unpaired) electrons. The van der Waals surface area contributed by atoms with E-state index in [4.69, 9.17) is 9.53 Å². The van der Waals surface area contributed by atoms with Crippen molar-refractivity contribution in [3.8, 4) is 0 Å². The van der Waals surface area contributed by atoms with Crippen LogP contribution in [0.2, 0.25) is 13.1 Å². The van der Waals surface area contributed by atoms with E-state index in [9.17, 15) is 0 Å². The molecule has 4 heteroatoms. The van der Waals surface area contributed by atoms with Gasteiger partial charge in [-0.1, -0.05) is 26.8 Å². The van der Waals surface area contributed by atoms with E-state index in [0.717, 1.165) is 11.3 Å². The van der Waals surface area contributed by atoms with Crippen LogP contribution in [0.25, 0.3) is 0 Å². The molecular weight excluding hydrogens is 242 g/mol. The van der Waals surface area contributed by atoms with E-state index in [2.05, 4.69) is 44.9 Å². The Labute approximate surface area is 112 Å². The van der Waals surface area contributed by atoms with Gasteiger partial charge in [-0.2, -0.15) is 0 Å². The van der Waals surface area contributed by atoms with Gasteiger partial charge in [0.2, 0.25) is 0 Å². The molecule has 0 amide bonds. The van der Waals surface area contributed by atoms with Crippen molar-refractivity contribution in [2.75, 3.05) is 6.61 Å². The second-order valence-corrected chi connectivity index (χ2v) is 8.35. The maximum Gasteiger partial charge on any atom is 0.171 e. The van der Waals surface area contributed by atoms with Gasteiger partial charge >= 0.3 is 0 Å². The first-order valence-corrected chi connectivity index (χ1v) is 9.33. The number of aliphatic hydroxyl groups excluding tert-OH is 1. The molecule has 0 saturated heterocycles. The molecule has 0 atom stereocenters. The van der Waals surface area contributed by atoms with E-state index in [0.29, 0.717) is 13.0 Å². The standard InChI is InChI=1S/C14H25NO2Si/c1-14(2,3)12-8-11(6-7-16)9-15-13(12)10-17-18(4)5/h8-9,16,18H,6-7,10H2,1-5H3. The van der Waals surface area contributed by atoms with Crippen LogP contribution < -0.4 is 0 Å². The van der Waals surface area contributed by atoms with Gasteiger partial charge < -0.3 is 9.53 Å². The SMILES string of the molecule is C[SiH](C)OCc1ncc(CCO)cc1C(C)(C)C. The lowest BCUT2D eigenvalue weighted by Crippen LogP contribution is -2.18. The molecule has 0 saturated carbocycles. The lowest BCUT2D eigenvalue weighted by atomic mass is 9.85. The summed E-state index contributed by atoms with van der Waals surface area (Å²) in [4.78, 5) is 4.52. The highest BCUT2D eigenvalue weighted by Gasteiger charge is 2.19. The van der Waals surface area contributed by atoms with Crippen LogP contribution in [0.5, 0.6) is 0 Å². The molecule has 1 aromatic heterocycles. The molecule has 1 heterocycles. The Morgan fingerprint density at radius 2 is 2.00 bits per heavy atom. The van der Waals surface area contributed by atoms with E-state index in [-0.39, 0.29) is 12.0 Å². The average Bonchev–Trinajstić information content (AvgIpc) is 2.26. The molecule has 0 aliphatic carbocycles. The summed E-state index contributed by atoms with van der Waals surface area (Å²) in [6.07, 6.45) is 2.52. The maximum atomic E-state index is 9.01. The third-order valence-corrected chi connectivity index (χ3v) is 3.62. The van der Waals surface area contributed by atoms with Crippen LogP contribution in [-0.2, 0) is 22.9 Å². The largest absolute Gasteiger partial charge is 0.415 e. The fraction of sp³-hybridized carbons (Fsp3) is 0.643. The molecule has 1 N–H and O–H groups in total. The highest BCUT2D eigenvalue weighted by atomic mass is 28.3. The van der Waals surface area contributed by atoms with Crippen molar-refractivity contribution < 1.29 is 9.53 Å². The Hall–Kier alpha value is -0.713. The summed E-state index contributed by atoms with van der Waals surface area (Å²) in [5.41, 5.74) is 3.40. The summed E-state index contributed by atoms with van der Waals surface area (Å²) >= 11 is 0. The highest BCUT2D eigenvalue weighted by Crippen LogP contribution is 2.26. The number of hydrogen-bond acceptors (Lipinski definition) is 3. The van der Waals surface area contributed by atoms with Crippen molar-refractivity contribution in [1.82, 2.24) is 4.98 Å². The van der Waals surface area contributed by atoms with E-state index in [1.165, 1.54) is 5.56 Å². The minimum absolute atomic E-state index is 0.0513. The monoisotopic (exact) mass is 267 g/mol. The lowest BCUT2D eigenvalue weighted by molar-refractivity contribution is 0.298. The summed E-state index contributed by atoms with van der Waals surface area (Å²) < 4.78 is 5.79. The third kappa shape index (κ3) is 4.52. The zero-order chi connectivity index (χ0) is 13.8. The van der Waals surface area contributed by atoms with Gasteiger partial charge in [-0.3, -0.25) is 4.98 Å². The second kappa shape index (κ2) is 6.45. The van der Waals surface area contributed by atoms with Gasteiger partial charge in [0.25, 0.3) is 0 Å². The molecular formula is C14H25NO2Si. The predicted octanol–water partition coefficient (Wildman–Crippen LogP) is 2.41. The van der Waals surface area contributed by atoms with E-state index in [1.807, 2.05) is 6.20 Å². The Kier molecular flexibility index (Phi) is 5.50. The highest BCUT2D eigenvalue weighted by molar-refractivity contribution is 6.48. The fourth-order valence-corrected chi connectivity index (χ4v) is 2.30. The van der Waals surface area contributed by atoms with Crippen LogP contribution in [0, 0.1) is 0 Å². The average molecular weight is 267 g/mol. The summed E-state index contributed by atoms with van der Waals surface area (Å²) in [6, 6.07) is 2.16. The molecule has 1 aromatic rings. The molecule has 0 aliphatic rings. The first-order valence-electron chi connectivity index (χ1n) is 6.55. The van der Waals surface area contributed by atoms with Crippen molar-refractivity contribution in [3.05, 3.63) is 29.1 Å². The first kappa shape index (κ1) is 15.3. The third-order valence-electron chi connectivity index (χ3n) is 2.79. The van der Waals surface area contributed by atoms with Crippen LogP contribution in [-0.4, -0.2) is 25.7 Å². The molecule has 0 spiro atoms. The molecule has 0 aliphatic heterocycles. The van der Waals surface area contributed by atoms with Gasteiger partial charge in [-0.05, 0) is 36.1 Å². The van der Waals surface area contributed by atoms with Gasteiger partial charge in [-0.25, -0.2) is 0 Å². The summed E-state index contributed by atoms with van der Waals surface area (Å²) in [6.45, 7) is 11.7. The zero-order valence-electron chi connectivity index (χ0n) is 12.2. The van der Waals surface area contributed by atoms with Crippen LogP contribution in [0.4, 0.5) is 0 Å². The van der Waals surface area contributed by atoms with Crippen LogP contribution in [0.1, 0.15) is 37.6 Å². The zero-order valence-corrected chi connectivity index (χ0v) is 13.3. The van der Waals surface area contributed by atoms with E-state index >= 15 is 0 Å². The molecule has 3 nitrogen and oxygen atoms in total. The number of hydrogen-bond donors (Lipinski definition) is 1. The topological polar surface area (TPSA) is 42.4 Å². The van der Waals surface area contributed by atoms with Crippen molar-refractivity contribution in [3.63, 3.8) is 0 Å². The molecule has 1 rings (SSSR count). The van der Waals surface area contributed by atoms with Crippen molar-refractivity contribution in [1.29, 1.82) is 0 Å². The fourth-order valence-electron chi connectivity index (χ4n) is 1.81. The molecule has 0 unspecified atom stereocenters. The van der Waals surface area contributed by atoms with E-state index in [1.54, 1.807) is 0 Å². The Morgan fingerprint density at radius 3 is 2.50 bits per heavy atom. The molecule has 0 fully saturated rings. The Morgan fingerprint density at radius 1 is 1.33 bits per heavy atom. The molecule has 0 aromatic carbocycles. The van der Waals surface area contributed by atoms with Gasteiger partial charge in [0, 0.05) is 12.8 Å². The van der Waals surface area contributed by atoms with Crippen molar-refractivity contribution in [2.45, 2.75) is 52.3 Å². The summed E-state index contributed by atoms with van der Waals surface area (Å²) in [5, 5.41) is 9.01. The van der Waals surface area contributed by atoms with Crippen LogP contribution in [0.3, 0.4) is 0 Å². The minimum atomic E-state index is -1.02. The number of aliphatic hydroxyl groups is 1. The second-order valence-electron chi connectivity index (χ2n) is 5.92. The molecule has 18 heavy (non-hydrogen) atoms. The number of pyridine rings is 1. The van der Waals surface area contributed by atoms with Gasteiger partial charge in [0.1, 0.15) is 0 Å². The predicted molar refractivity (Wildman–Crippen MR) is 77.4 cm³/mol. The number of rotatable bonds is 5. The first-order chi connectivity index (χ1) is 8.34. The van der Waals surface area contributed by atoms with Crippen LogP contribution in [0.15, 0.2) is 12.3 Å². The number of aromatic nitrogens is 1. The normalized spacial score (nSPS) is 12.2. The Balaban J connectivity index is 3.01. The summed E-state index contributed by atoms with van der Waals surface area (Å²) in [7, 11) is -1.02. The maximum absolute atomic E-state index is 9.01. The van der Waals surface area contributed by atoms with Gasteiger partial charge in [0.05, 0.1) is 12.3 Å². The Bertz CT molecular complexity index is 386. The quantitative estimate of drug-likeness (QED) is 0.833. The van der Waals surface area contributed by atoms with Gasteiger partial charge in [0.15, 0.2) is 9.04 Å². The summed E-state index contributed by atoms with van der Waals surface area (Å²) in [5.74, 6) is 0. The van der Waals surface area contributed by atoms with Crippen molar-refractivity contribution in [2.24, 2.45) is 0 Å². The van der Waals surface area contributed by atoms with Gasteiger partial charge in [-0.15, -0.1) is 0 Å². The molecule has 0 bridgehead atoms. The van der Waals surface area contributed by atoms with Crippen LogP contribution >= 0.6 is 0 Å². The molecule has 102 valence electrons. The van der Waals surface area contributed by atoms with Crippen molar-refractivity contribution >= 4 is 9.04 Å².